The fourth-order valence-electron chi connectivity index (χ4n) is 6.13. The quantitative estimate of drug-likeness (QED) is 0.139. The number of hydrogen-bond acceptors (Lipinski definition) is 6. The predicted molar refractivity (Wildman–Crippen MR) is 177 cm³/mol. The number of carbonyl (C=O) groups is 1. The highest BCUT2D eigenvalue weighted by atomic mass is 35.5. The van der Waals surface area contributed by atoms with Gasteiger partial charge in [-0.25, -0.2) is 4.79 Å². The molecule has 236 valence electrons. The monoisotopic (exact) mass is 636 g/mol. The second-order valence-corrected chi connectivity index (χ2v) is 13.2. The van der Waals surface area contributed by atoms with Gasteiger partial charge in [0.1, 0.15) is 11.9 Å². The molecule has 0 spiro atoms. The number of amides is 1. The van der Waals surface area contributed by atoms with E-state index in [1.807, 2.05) is 63.2 Å². The van der Waals surface area contributed by atoms with Gasteiger partial charge >= 0.3 is 6.09 Å². The largest absolute Gasteiger partial charge is 0.618 e. The van der Waals surface area contributed by atoms with Crippen LogP contribution in [0.3, 0.4) is 0 Å². The molecule has 1 fully saturated rings. The Balaban J connectivity index is 1.30. The normalized spacial score (nSPS) is 14.7. The summed E-state index contributed by atoms with van der Waals surface area (Å²) in [6.07, 6.45) is 5.22. The molecule has 0 saturated carbocycles. The summed E-state index contributed by atoms with van der Waals surface area (Å²) < 4.78 is 8.12. The van der Waals surface area contributed by atoms with E-state index in [-0.39, 0.29) is 12.0 Å². The van der Waals surface area contributed by atoms with Crippen molar-refractivity contribution in [2.75, 3.05) is 13.1 Å². The molecule has 1 aliphatic heterocycles. The number of aromatic nitrogens is 5. The molecule has 0 bridgehead atoms. The van der Waals surface area contributed by atoms with Crippen LogP contribution in [0.4, 0.5) is 4.79 Å². The molecule has 1 saturated heterocycles. The van der Waals surface area contributed by atoms with Crippen molar-refractivity contribution in [1.29, 1.82) is 0 Å². The lowest BCUT2D eigenvalue weighted by Crippen LogP contribution is -2.41. The highest BCUT2D eigenvalue weighted by Gasteiger charge is 2.29. The SMILES string of the molecule is CC(C)(C)OC(=O)N1CCC(c2cccc(C(Cc3ccccc3)c3ccc(-c4cc(Cl)ccc4-n4cnnn4)c[n+]3[O-])c2)CC1. The van der Waals surface area contributed by atoms with Gasteiger partial charge in [-0.05, 0) is 97.3 Å². The molecule has 3 aromatic carbocycles. The van der Waals surface area contributed by atoms with Crippen LogP contribution in [-0.4, -0.2) is 49.9 Å². The highest BCUT2D eigenvalue weighted by molar-refractivity contribution is 6.31. The molecule has 1 amide bonds. The van der Waals surface area contributed by atoms with Gasteiger partial charge in [0, 0.05) is 35.3 Å². The van der Waals surface area contributed by atoms with Gasteiger partial charge in [0.15, 0.2) is 6.20 Å². The summed E-state index contributed by atoms with van der Waals surface area (Å²) in [7, 11) is 0. The van der Waals surface area contributed by atoms with Gasteiger partial charge in [-0.15, -0.1) is 5.10 Å². The molecule has 0 radical (unpaired) electrons. The Labute approximate surface area is 274 Å². The first-order chi connectivity index (χ1) is 22.1. The summed E-state index contributed by atoms with van der Waals surface area (Å²) in [6, 6.07) is 28.1. The number of carbonyl (C=O) groups excluding carboxylic acids is 1. The van der Waals surface area contributed by atoms with E-state index in [1.165, 1.54) is 11.9 Å². The average Bonchev–Trinajstić information content (AvgIpc) is 3.59. The maximum Gasteiger partial charge on any atom is 0.410 e. The number of nitrogens with zero attached hydrogens (tertiary/aromatic N) is 6. The number of likely N-dealkylation sites (tertiary alicyclic amines) is 1. The maximum atomic E-state index is 13.9. The maximum absolute atomic E-state index is 13.9. The first-order valence-corrected chi connectivity index (χ1v) is 15.9. The van der Waals surface area contributed by atoms with E-state index >= 15 is 0 Å². The van der Waals surface area contributed by atoms with E-state index in [1.54, 1.807) is 21.8 Å². The Morgan fingerprint density at radius 3 is 2.50 bits per heavy atom. The molecule has 1 aliphatic rings. The summed E-state index contributed by atoms with van der Waals surface area (Å²) in [4.78, 5) is 14.4. The molecule has 1 unspecified atom stereocenters. The second-order valence-electron chi connectivity index (χ2n) is 12.7. The van der Waals surface area contributed by atoms with Gasteiger partial charge in [-0.2, -0.15) is 9.41 Å². The van der Waals surface area contributed by atoms with Crippen molar-refractivity contribution in [3.05, 3.63) is 130 Å². The molecular weight excluding hydrogens is 600 g/mol. The minimum Gasteiger partial charge on any atom is -0.618 e. The molecule has 2 aromatic heterocycles. The van der Waals surface area contributed by atoms with Crippen molar-refractivity contribution < 1.29 is 14.3 Å². The van der Waals surface area contributed by atoms with E-state index in [0.29, 0.717) is 47.4 Å². The second kappa shape index (κ2) is 13.3. The number of pyridine rings is 1. The van der Waals surface area contributed by atoms with Gasteiger partial charge < -0.3 is 14.8 Å². The lowest BCUT2D eigenvalue weighted by molar-refractivity contribution is -0.614. The van der Waals surface area contributed by atoms with Crippen LogP contribution in [0.5, 0.6) is 0 Å². The number of rotatable bonds is 7. The summed E-state index contributed by atoms with van der Waals surface area (Å²) in [5.74, 6) is 0.124. The van der Waals surface area contributed by atoms with Gasteiger partial charge in [-0.3, -0.25) is 0 Å². The van der Waals surface area contributed by atoms with Crippen LogP contribution in [0.25, 0.3) is 16.8 Å². The van der Waals surface area contributed by atoms with Crippen molar-refractivity contribution in [1.82, 2.24) is 25.1 Å². The number of benzene rings is 3. The molecule has 0 N–H and O–H groups in total. The lowest BCUT2D eigenvalue weighted by atomic mass is 9.84. The third-order valence-corrected chi connectivity index (χ3v) is 8.62. The topological polar surface area (TPSA) is 100 Å². The van der Waals surface area contributed by atoms with Crippen molar-refractivity contribution >= 4 is 17.7 Å². The van der Waals surface area contributed by atoms with Crippen molar-refractivity contribution in [3.63, 3.8) is 0 Å². The van der Waals surface area contributed by atoms with Crippen LogP contribution in [0.2, 0.25) is 5.02 Å². The highest BCUT2D eigenvalue weighted by Crippen LogP contribution is 2.35. The molecule has 0 aliphatic carbocycles. The summed E-state index contributed by atoms with van der Waals surface area (Å²) in [5, 5.41) is 26.0. The van der Waals surface area contributed by atoms with Crippen molar-refractivity contribution in [3.8, 4) is 16.8 Å². The molecule has 6 rings (SSSR count). The number of tetrazole rings is 1. The van der Waals surface area contributed by atoms with Crippen LogP contribution in [-0.2, 0) is 11.2 Å². The third-order valence-electron chi connectivity index (χ3n) is 8.38. The standard InChI is InChI=1S/C36H37ClN6O3/c1-36(2,3)46-35(44)41-18-16-26(17-19-41)27-10-7-11-28(21-27)31(20-25-8-5-4-6-9-25)34-14-12-29(23-43(34)45)32-22-30(37)13-15-33(32)42-24-38-39-40-42/h4-15,21-24,26,31H,16-20H2,1-3H3. The summed E-state index contributed by atoms with van der Waals surface area (Å²) in [5.41, 5.74) is 5.74. The minimum absolute atomic E-state index is 0.186. The van der Waals surface area contributed by atoms with Gasteiger partial charge in [0.2, 0.25) is 5.69 Å². The Kier molecular flexibility index (Phi) is 9.03. The number of halogens is 1. The smallest absolute Gasteiger partial charge is 0.410 e. The predicted octanol–water partition coefficient (Wildman–Crippen LogP) is 7.11. The zero-order chi connectivity index (χ0) is 32.3. The van der Waals surface area contributed by atoms with Crippen LogP contribution < -0.4 is 4.73 Å². The summed E-state index contributed by atoms with van der Waals surface area (Å²) in [6.45, 7) is 6.96. The zero-order valence-corrected chi connectivity index (χ0v) is 27.0. The molecule has 5 aromatic rings. The molecule has 9 nitrogen and oxygen atoms in total. The van der Waals surface area contributed by atoms with E-state index < -0.39 is 5.60 Å². The molecule has 3 heterocycles. The van der Waals surface area contributed by atoms with Gasteiger partial charge in [0.25, 0.3) is 0 Å². The Hall–Kier alpha value is -4.76. The molecular formula is C36H37ClN6O3. The van der Waals surface area contributed by atoms with E-state index in [4.69, 9.17) is 16.3 Å². The average molecular weight is 637 g/mol. The number of piperidine rings is 1. The first kappa shape index (κ1) is 31.2. The number of ether oxygens (including phenoxy) is 1. The Bertz CT molecular complexity index is 1800. The molecule has 10 heteroatoms. The van der Waals surface area contributed by atoms with Crippen molar-refractivity contribution in [2.45, 2.75) is 57.5 Å². The lowest BCUT2D eigenvalue weighted by Gasteiger charge is -2.33. The van der Waals surface area contributed by atoms with E-state index in [0.717, 1.165) is 34.3 Å². The van der Waals surface area contributed by atoms with E-state index in [2.05, 4.69) is 51.9 Å². The van der Waals surface area contributed by atoms with Crippen LogP contribution >= 0.6 is 11.6 Å². The minimum atomic E-state index is -0.516. The van der Waals surface area contributed by atoms with Crippen LogP contribution in [0, 0.1) is 5.21 Å². The fraction of sp³-hybridized carbons (Fsp3) is 0.306. The molecule has 1 atom stereocenters. The fourth-order valence-corrected chi connectivity index (χ4v) is 6.30. The zero-order valence-electron chi connectivity index (χ0n) is 26.2. The van der Waals surface area contributed by atoms with Crippen molar-refractivity contribution in [2.24, 2.45) is 0 Å². The third kappa shape index (κ3) is 7.21. The first-order valence-electron chi connectivity index (χ1n) is 15.5. The summed E-state index contributed by atoms with van der Waals surface area (Å²) >= 11 is 6.38. The van der Waals surface area contributed by atoms with Crippen LogP contribution in [0.15, 0.2) is 97.5 Å². The van der Waals surface area contributed by atoms with Gasteiger partial charge in [0.05, 0.1) is 11.6 Å². The van der Waals surface area contributed by atoms with Crippen LogP contribution in [0.1, 0.15) is 67.8 Å². The Morgan fingerprint density at radius 2 is 1.80 bits per heavy atom. The van der Waals surface area contributed by atoms with E-state index in [9.17, 15) is 10.0 Å². The van der Waals surface area contributed by atoms with Gasteiger partial charge in [-0.1, -0.05) is 66.2 Å². The molecule has 46 heavy (non-hydrogen) atoms. The Morgan fingerprint density at radius 1 is 1.02 bits per heavy atom. The number of hydrogen-bond donors (Lipinski definition) is 0.